The Bertz CT molecular complexity index is 1160. The molecule has 2 N–H and O–H groups in total. The van der Waals surface area contributed by atoms with Crippen molar-refractivity contribution >= 4 is 5.91 Å². The fourth-order valence-electron chi connectivity index (χ4n) is 3.29. The SMILES string of the molecule is CC(C)c1cc(C(=O)NCc2cccc(-c3nn(C)cc3-c3ccncc3)c2)n[nH]1. The molecule has 0 aliphatic heterocycles. The van der Waals surface area contributed by atoms with E-state index in [0.717, 1.165) is 33.6 Å². The lowest BCUT2D eigenvalue weighted by atomic mass is 10.0. The van der Waals surface area contributed by atoms with Crippen LogP contribution in [0.5, 0.6) is 0 Å². The summed E-state index contributed by atoms with van der Waals surface area (Å²) in [5, 5.41) is 14.6. The maximum absolute atomic E-state index is 12.4. The molecule has 0 spiro atoms. The minimum Gasteiger partial charge on any atom is -0.347 e. The van der Waals surface area contributed by atoms with Crippen LogP contribution in [-0.2, 0) is 13.6 Å². The number of amides is 1. The van der Waals surface area contributed by atoms with Gasteiger partial charge in [0, 0.05) is 49.0 Å². The van der Waals surface area contributed by atoms with Gasteiger partial charge < -0.3 is 5.32 Å². The summed E-state index contributed by atoms with van der Waals surface area (Å²) in [6, 6.07) is 13.8. The van der Waals surface area contributed by atoms with E-state index in [1.54, 1.807) is 18.5 Å². The standard InChI is InChI=1S/C23H24N6O/c1-15(2)20-12-21(27-26-20)23(30)25-13-16-5-4-6-18(11-16)22-19(14-29(3)28-22)17-7-9-24-10-8-17/h4-12,14-15H,13H2,1-3H3,(H,25,30)(H,26,27). The second-order valence-corrected chi connectivity index (χ2v) is 7.55. The lowest BCUT2D eigenvalue weighted by molar-refractivity contribution is 0.0946. The summed E-state index contributed by atoms with van der Waals surface area (Å²) in [4.78, 5) is 16.5. The van der Waals surface area contributed by atoms with Crippen molar-refractivity contribution in [2.75, 3.05) is 0 Å². The summed E-state index contributed by atoms with van der Waals surface area (Å²) in [6.45, 7) is 4.52. The summed E-state index contributed by atoms with van der Waals surface area (Å²) in [7, 11) is 1.91. The number of carbonyl (C=O) groups excluding carboxylic acids is 1. The molecule has 0 atom stereocenters. The number of hydrogen-bond acceptors (Lipinski definition) is 4. The minimum atomic E-state index is -0.195. The Balaban J connectivity index is 1.53. The Morgan fingerprint density at radius 1 is 1.13 bits per heavy atom. The Hall–Kier alpha value is -3.74. The van der Waals surface area contributed by atoms with Gasteiger partial charge in [-0.2, -0.15) is 10.2 Å². The first kappa shape index (κ1) is 19.6. The van der Waals surface area contributed by atoms with Crippen LogP contribution < -0.4 is 5.32 Å². The van der Waals surface area contributed by atoms with E-state index in [-0.39, 0.29) is 5.91 Å². The quantitative estimate of drug-likeness (QED) is 0.513. The fraction of sp³-hybridized carbons (Fsp3) is 0.217. The zero-order valence-corrected chi connectivity index (χ0v) is 17.3. The lowest BCUT2D eigenvalue weighted by Gasteiger charge is -2.07. The van der Waals surface area contributed by atoms with E-state index < -0.39 is 0 Å². The average molecular weight is 400 g/mol. The van der Waals surface area contributed by atoms with Crippen LogP contribution in [0.3, 0.4) is 0 Å². The number of aromatic amines is 1. The number of aryl methyl sites for hydroxylation is 1. The number of H-pyrrole nitrogens is 1. The minimum absolute atomic E-state index is 0.195. The average Bonchev–Trinajstić information content (AvgIpc) is 3.40. The van der Waals surface area contributed by atoms with Crippen LogP contribution in [0.2, 0.25) is 0 Å². The van der Waals surface area contributed by atoms with Crippen molar-refractivity contribution in [2.24, 2.45) is 7.05 Å². The second-order valence-electron chi connectivity index (χ2n) is 7.55. The molecule has 3 aromatic heterocycles. The Morgan fingerprint density at radius 2 is 1.93 bits per heavy atom. The smallest absolute Gasteiger partial charge is 0.272 e. The predicted molar refractivity (Wildman–Crippen MR) is 116 cm³/mol. The van der Waals surface area contributed by atoms with Crippen molar-refractivity contribution < 1.29 is 4.79 Å². The van der Waals surface area contributed by atoms with E-state index in [9.17, 15) is 4.79 Å². The molecule has 0 saturated carbocycles. The zero-order valence-electron chi connectivity index (χ0n) is 17.3. The lowest BCUT2D eigenvalue weighted by Crippen LogP contribution is -2.23. The van der Waals surface area contributed by atoms with Gasteiger partial charge >= 0.3 is 0 Å². The van der Waals surface area contributed by atoms with E-state index in [1.165, 1.54) is 0 Å². The molecule has 0 fully saturated rings. The number of carbonyl (C=O) groups is 1. The van der Waals surface area contributed by atoms with Gasteiger partial charge in [-0.15, -0.1) is 0 Å². The van der Waals surface area contributed by atoms with Crippen LogP contribution in [0.15, 0.2) is 61.1 Å². The number of nitrogens with zero attached hydrogens (tertiary/aromatic N) is 4. The van der Waals surface area contributed by atoms with E-state index in [2.05, 4.69) is 45.5 Å². The molecule has 0 unspecified atom stereocenters. The molecule has 0 saturated heterocycles. The molecule has 30 heavy (non-hydrogen) atoms. The highest BCUT2D eigenvalue weighted by Crippen LogP contribution is 2.30. The molecule has 1 amide bonds. The van der Waals surface area contributed by atoms with Gasteiger partial charge in [0.05, 0.1) is 0 Å². The van der Waals surface area contributed by atoms with Crippen molar-refractivity contribution in [3.05, 3.63) is 78.0 Å². The number of pyridine rings is 1. The van der Waals surface area contributed by atoms with E-state index in [1.807, 2.05) is 48.3 Å². The van der Waals surface area contributed by atoms with E-state index >= 15 is 0 Å². The Labute approximate surface area is 175 Å². The number of hydrogen-bond donors (Lipinski definition) is 2. The molecule has 0 aliphatic rings. The number of aromatic nitrogens is 5. The van der Waals surface area contributed by atoms with Gasteiger partial charge in [0.1, 0.15) is 11.4 Å². The molecular weight excluding hydrogens is 376 g/mol. The summed E-state index contributed by atoms with van der Waals surface area (Å²) < 4.78 is 1.81. The number of benzene rings is 1. The van der Waals surface area contributed by atoms with Crippen molar-refractivity contribution in [1.82, 2.24) is 30.3 Å². The van der Waals surface area contributed by atoms with Gasteiger partial charge in [-0.1, -0.05) is 32.0 Å². The molecule has 152 valence electrons. The molecular formula is C23H24N6O. The van der Waals surface area contributed by atoms with Crippen LogP contribution in [0.1, 0.15) is 41.5 Å². The van der Waals surface area contributed by atoms with Gasteiger partial charge in [0.2, 0.25) is 0 Å². The molecule has 7 nitrogen and oxygen atoms in total. The normalized spacial score (nSPS) is 11.1. The molecule has 7 heteroatoms. The summed E-state index contributed by atoms with van der Waals surface area (Å²) in [6.07, 6.45) is 5.55. The van der Waals surface area contributed by atoms with Crippen LogP contribution in [0.25, 0.3) is 22.4 Å². The fourth-order valence-corrected chi connectivity index (χ4v) is 3.29. The molecule has 0 radical (unpaired) electrons. The number of nitrogens with one attached hydrogen (secondary N) is 2. The highest BCUT2D eigenvalue weighted by atomic mass is 16.1. The van der Waals surface area contributed by atoms with Gasteiger partial charge in [-0.3, -0.25) is 19.6 Å². The largest absolute Gasteiger partial charge is 0.347 e. The maximum atomic E-state index is 12.4. The third kappa shape index (κ3) is 4.15. The molecule has 4 aromatic rings. The van der Waals surface area contributed by atoms with Crippen molar-refractivity contribution in [2.45, 2.75) is 26.3 Å². The van der Waals surface area contributed by atoms with Gasteiger partial charge in [-0.25, -0.2) is 0 Å². The highest BCUT2D eigenvalue weighted by Gasteiger charge is 2.14. The monoisotopic (exact) mass is 400 g/mol. The second kappa shape index (κ2) is 8.32. The first-order chi connectivity index (χ1) is 14.5. The van der Waals surface area contributed by atoms with Crippen LogP contribution in [-0.4, -0.2) is 30.9 Å². The van der Waals surface area contributed by atoms with E-state index in [4.69, 9.17) is 0 Å². The van der Waals surface area contributed by atoms with Crippen molar-refractivity contribution in [3.8, 4) is 22.4 Å². The third-order valence-corrected chi connectivity index (χ3v) is 4.93. The summed E-state index contributed by atoms with van der Waals surface area (Å²) in [5.41, 5.74) is 6.33. The van der Waals surface area contributed by atoms with Crippen molar-refractivity contribution in [3.63, 3.8) is 0 Å². The van der Waals surface area contributed by atoms with Crippen LogP contribution in [0, 0.1) is 0 Å². The highest BCUT2D eigenvalue weighted by molar-refractivity contribution is 5.92. The molecule has 3 heterocycles. The van der Waals surface area contributed by atoms with Gasteiger partial charge in [0.15, 0.2) is 0 Å². The zero-order chi connectivity index (χ0) is 21.1. The first-order valence-electron chi connectivity index (χ1n) is 9.88. The summed E-state index contributed by atoms with van der Waals surface area (Å²) in [5.74, 6) is 0.0996. The maximum Gasteiger partial charge on any atom is 0.272 e. The molecule has 1 aromatic carbocycles. The van der Waals surface area contributed by atoms with Crippen LogP contribution in [0.4, 0.5) is 0 Å². The number of rotatable bonds is 6. The van der Waals surface area contributed by atoms with Crippen molar-refractivity contribution in [1.29, 1.82) is 0 Å². The topological polar surface area (TPSA) is 88.5 Å². The molecule has 4 rings (SSSR count). The Kier molecular flexibility index (Phi) is 5.43. The van der Waals surface area contributed by atoms with Crippen LogP contribution >= 0.6 is 0 Å². The summed E-state index contributed by atoms with van der Waals surface area (Å²) >= 11 is 0. The molecule has 0 bridgehead atoms. The van der Waals surface area contributed by atoms with E-state index in [0.29, 0.717) is 18.2 Å². The Morgan fingerprint density at radius 3 is 2.67 bits per heavy atom. The van der Waals surface area contributed by atoms with Gasteiger partial charge in [0.25, 0.3) is 5.91 Å². The predicted octanol–water partition coefficient (Wildman–Crippen LogP) is 3.93. The van der Waals surface area contributed by atoms with Gasteiger partial charge in [-0.05, 0) is 41.3 Å². The third-order valence-electron chi connectivity index (χ3n) is 4.93. The first-order valence-corrected chi connectivity index (χ1v) is 9.88. The molecule has 0 aliphatic carbocycles.